The van der Waals surface area contributed by atoms with Crippen molar-refractivity contribution in [1.82, 2.24) is 10.3 Å². The zero-order chi connectivity index (χ0) is 15.2. The Kier molecular flexibility index (Phi) is 5.82. The van der Waals surface area contributed by atoms with Gasteiger partial charge in [0.1, 0.15) is 5.60 Å². The summed E-state index contributed by atoms with van der Waals surface area (Å²) in [6.07, 6.45) is 3.82. The molecule has 6 heteroatoms. The van der Waals surface area contributed by atoms with Gasteiger partial charge in [0.15, 0.2) is 10.9 Å². The second-order valence-corrected chi connectivity index (χ2v) is 5.52. The van der Waals surface area contributed by atoms with Gasteiger partial charge in [-0.15, -0.1) is 0 Å². The van der Waals surface area contributed by atoms with Crippen molar-refractivity contribution in [3.8, 4) is 5.75 Å². The summed E-state index contributed by atoms with van der Waals surface area (Å²) in [5, 5.41) is 11.9. The predicted octanol–water partition coefficient (Wildman–Crippen LogP) is 3.37. The maximum absolute atomic E-state index is 11.4. The van der Waals surface area contributed by atoms with E-state index < -0.39 is 11.7 Å². The molecule has 1 amide bonds. The molecule has 0 saturated carbocycles. The first-order valence-corrected chi connectivity index (χ1v) is 6.64. The van der Waals surface area contributed by atoms with Gasteiger partial charge in [-0.2, -0.15) is 0 Å². The summed E-state index contributed by atoms with van der Waals surface area (Å²) in [7, 11) is 0. The van der Waals surface area contributed by atoms with Gasteiger partial charge < -0.3 is 15.2 Å². The third-order valence-electron chi connectivity index (χ3n) is 2.12. The summed E-state index contributed by atoms with van der Waals surface area (Å²) in [4.78, 5) is 15.3. The zero-order valence-corrected chi connectivity index (χ0v) is 12.6. The Morgan fingerprint density at radius 2 is 2.20 bits per heavy atom. The van der Waals surface area contributed by atoms with Crippen LogP contribution in [-0.4, -0.2) is 28.3 Å². The fourth-order valence-electron chi connectivity index (χ4n) is 1.31. The lowest BCUT2D eigenvalue weighted by Gasteiger charge is -2.19. The number of hydrogen-bond acceptors (Lipinski definition) is 4. The molecule has 0 aliphatic heterocycles. The second-order valence-electron chi connectivity index (χ2n) is 5.17. The molecule has 110 valence electrons. The summed E-state index contributed by atoms with van der Waals surface area (Å²) >= 11 is 5.69. The van der Waals surface area contributed by atoms with Gasteiger partial charge >= 0.3 is 6.09 Å². The van der Waals surface area contributed by atoms with Crippen LogP contribution in [0.2, 0.25) is 5.15 Å². The SMILES string of the molecule is CC(C)(C)OC(=O)NCCC=Cc1ccc(O)c(Cl)n1. The van der Waals surface area contributed by atoms with E-state index in [1.807, 2.05) is 26.8 Å². The van der Waals surface area contributed by atoms with E-state index in [1.54, 1.807) is 12.1 Å². The van der Waals surface area contributed by atoms with E-state index in [9.17, 15) is 9.90 Å². The Balaban J connectivity index is 2.32. The number of nitrogens with zero attached hydrogens (tertiary/aromatic N) is 1. The molecule has 5 nitrogen and oxygen atoms in total. The molecule has 20 heavy (non-hydrogen) atoms. The standard InChI is InChI=1S/C14H19ClN2O3/c1-14(2,3)20-13(19)16-9-5-4-6-10-7-8-11(18)12(15)17-10/h4,6-8,18H,5,9H2,1-3H3,(H,16,19). The molecule has 0 unspecified atom stereocenters. The van der Waals surface area contributed by atoms with Gasteiger partial charge in [-0.1, -0.05) is 17.7 Å². The highest BCUT2D eigenvalue weighted by Crippen LogP contribution is 2.20. The molecule has 0 aliphatic rings. The molecular formula is C14H19ClN2O3. The number of nitrogens with one attached hydrogen (secondary N) is 1. The number of halogens is 1. The summed E-state index contributed by atoms with van der Waals surface area (Å²) in [5.74, 6) is -0.0459. The van der Waals surface area contributed by atoms with Crippen molar-refractivity contribution in [3.63, 3.8) is 0 Å². The maximum Gasteiger partial charge on any atom is 0.407 e. The van der Waals surface area contributed by atoms with Crippen molar-refractivity contribution in [2.24, 2.45) is 0 Å². The summed E-state index contributed by atoms with van der Waals surface area (Å²) in [5.41, 5.74) is 0.150. The quantitative estimate of drug-likeness (QED) is 0.660. The first-order valence-electron chi connectivity index (χ1n) is 6.27. The maximum atomic E-state index is 11.4. The summed E-state index contributed by atoms with van der Waals surface area (Å²) in [6.45, 7) is 5.91. The van der Waals surface area contributed by atoms with Crippen LogP contribution in [0, 0.1) is 0 Å². The van der Waals surface area contributed by atoms with Crippen molar-refractivity contribution in [3.05, 3.63) is 29.1 Å². The van der Waals surface area contributed by atoms with Crippen LogP contribution in [0.25, 0.3) is 6.08 Å². The number of alkyl carbamates (subject to hydrolysis) is 1. The predicted molar refractivity (Wildman–Crippen MR) is 78.8 cm³/mol. The van der Waals surface area contributed by atoms with Crippen LogP contribution in [0.15, 0.2) is 18.2 Å². The van der Waals surface area contributed by atoms with Crippen molar-refractivity contribution in [2.75, 3.05) is 6.54 Å². The molecule has 0 fully saturated rings. The fraction of sp³-hybridized carbons (Fsp3) is 0.429. The van der Waals surface area contributed by atoms with Gasteiger partial charge in [-0.25, -0.2) is 9.78 Å². The first kappa shape index (κ1) is 16.3. The molecular weight excluding hydrogens is 280 g/mol. The first-order chi connectivity index (χ1) is 9.28. The average Bonchev–Trinajstić information content (AvgIpc) is 2.31. The van der Waals surface area contributed by atoms with Gasteiger partial charge in [-0.05, 0) is 45.4 Å². The normalized spacial score (nSPS) is 11.6. The summed E-state index contributed by atoms with van der Waals surface area (Å²) < 4.78 is 5.10. The second kappa shape index (κ2) is 7.14. The van der Waals surface area contributed by atoms with Crippen LogP contribution >= 0.6 is 11.6 Å². The van der Waals surface area contributed by atoms with Crippen LogP contribution in [0.5, 0.6) is 5.75 Å². The summed E-state index contributed by atoms with van der Waals surface area (Å²) in [6, 6.07) is 3.13. The number of pyridine rings is 1. The Hall–Kier alpha value is -1.75. The molecule has 0 atom stereocenters. The number of aromatic nitrogens is 1. The molecule has 0 aromatic carbocycles. The van der Waals surface area contributed by atoms with Crippen molar-refractivity contribution in [1.29, 1.82) is 0 Å². The molecule has 0 radical (unpaired) electrons. The van der Waals surface area contributed by atoms with Crippen molar-refractivity contribution < 1.29 is 14.6 Å². The van der Waals surface area contributed by atoms with Crippen LogP contribution in [0.3, 0.4) is 0 Å². The Morgan fingerprint density at radius 3 is 2.80 bits per heavy atom. The average molecular weight is 299 g/mol. The van der Waals surface area contributed by atoms with Gasteiger partial charge in [0, 0.05) is 6.54 Å². The molecule has 0 saturated heterocycles. The van der Waals surface area contributed by atoms with Gasteiger partial charge in [0.2, 0.25) is 0 Å². The molecule has 2 N–H and O–H groups in total. The Bertz CT molecular complexity index is 496. The monoisotopic (exact) mass is 298 g/mol. The largest absolute Gasteiger partial charge is 0.505 e. The fourth-order valence-corrected chi connectivity index (χ4v) is 1.47. The van der Waals surface area contributed by atoms with Crippen LogP contribution in [0.4, 0.5) is 4.79 Å². The number of ether oxygens (including phenoxy) is 1. The van der Waals surface area contributed by atoms with Crippen LogP contribution in [0.1, 0.15) is 32.9 Å². The third kappa shape index (κ3) is 6.43. The van der Waals surface area contributed by atoms with Gasteiger partial charge in [-0.3, -0.25) is 0 Å². The minimum Gasteiger partial charge on any atom is -0.505 e. The number of amides is 1. The van der Waals surface area contributed by atoms with Gasteiger partial charge in [0.25, 0.3) is 0 Å². The highest BCUT2D eigenvalue weighted by Gasteiger charge is 2.15. The molecule has 0 aliphatic carbocycles. The Morgan fingerprint density at radius 1 is 1.50 bits per heavy atom. The third-order valence-corrected chi connectivity index (χ3v) is 2.40. The molecule has 0 spiro atoms. The lowest BCUT2D eigenvalue weighted by molar-refractivity contribution is 0.0529. The highest BCUT2D eigenvalue weighted by molar-refractivity contribution is 6.30. The van der Waals surface area contributed by atoms with E-state index in [0.29, 0.717) is 18.7 Å². The van der Waals surface area contributed by atoms with E-state index >= 15 is 0 Å². The van der Waals surface area contributed by atoms with E-state index in [0.717, 1.165) is 0 Å². The van der Waals surface area contributed by atoms with Crippen LogP contribution in [-0.2, 0) is 4.74 Å². The van der Waals surface area contributed by atoms with Gasteiger partial charge in [0.05, 0.1) is 5.69 Å². The number of hydrogen-bond donors (Lipinski definition) is 2. The minimum atomic E-state index is -0.493. The lowest BCUT2D eigenvalue weighted by Crippen LogP contribution is -2.32. The number of rotatable bonds is 4. The van der Waals surface area contributed by atoms with Crippen molar-refractivity contribution in [2.45, 2.75) is 32.8 Å². The molecule has 1 aromatic heterocycles. The molecule has 1 aromatic rings. The molecule has 1 rings (SSSR count). The zero-order valence-electron chi connectivity index (χ0n) is 11.8. The topological polar surface area (TPSA) is 71.5 Å². The number of aromatic hydroxyl groups is 1. The molecule has 1 heterocycles. The highest BCUT2D eigenvalue weighted by atomic mass is 35.5. The van der Waals surface area contributed by atoms with Crippen molar-refractivity contribution >= 4 is 23.8 Å². The number of carbonyl (C=O) groups excluding carboxylic acids is 1. The minimum absolute atomic E-state index is 0.0459. The molecule has 0 bridgehead atoms. The lowest BCUT2D eigenvalue weighted by atomic mass is 10.2. The van der Waals surface area contributed by atoms with Crippen LogP contribution < -0.4 is 5.32 Å². The van der Waals surface area contributed by atoms with E-state index in [1.165, 1.54) is 6.07 Å². The van der Waals surface area contributed by atoms with E-state index in [-0.39, 0.29) is 10.9 Å². The smallest absolute Gasteiger partial charge is 0.407 e. The van der Waals surface area contributed by atoms with E-state index in [2.05, 4.69) is 10.3 Å². The Labute approximate surface area is 123 Å². The van der Waals surface area contributed by atoms with E-state index in [4.69, 9.17) is 16.3 Å². The number of carbonyl (C=O) groups is 1.